The van der Waals surface area contributed by atoms with Gasteiger partial charge >= 0.3 is 0 Å². The minimum atomic E-state index is 0.192. The van der Waals surface area contributed by atoms with Gasteiger partial charge in [0, 0.05) is 6.54 Å². The van der Waals surface area contributed by atoms with Gasteiger partial charge in [0.2, 0.25) is 0 Å². The molecule has 0 aromatic heterocycles. The number of hydrogen-bond donors (Lipinski definition) is 1. The first-order valence-electron chi connectivity index (χ1n) is 5.26. The molecule has 0 aliphatic heterocycles. The van der Waals surface area contributed by atoms with Crippen molar-refractivity contribution in [2.24, 2.45) is 5.73 Å². The Morgan fingerprint density at radius 3 is 2.73 bits per heavy atom. The monoisotopic (exact) mass is 205 g/mol. The second kappa shape index (κ2) is 5.56. The van der Waals surface area contributed by atoms with E-state index in [1.165, 1.54) is 0 Å². The summed E-state index contributed by atoms with van der Waals surface area (Å²) in [5.74, 6) is 0.933. The average Bonchev–Trinajstić information content (AvgIpc) is 2.20. The first-order valence-corrected chi connectivity index (χ1v) is 5.26. The minimum Gasteiger partial charge on any atom is -0.491 e. The third-order valence-electron chi connectivity index (χ3n) is 2.09. The SMILES string of the molecule is C=CCc1cc(CN)ccc1OC(C)C. The summed E-state index contributed by atoms with van der Waals surface area (Å²) >= 11 is 0. The van der Waals surface area contributed by atoms with Gasteiger partial charge in [0.1, 0.15) is 5.75 Å². The number of nitrogens with two attached hydrogens (primary N) is 1. The lowest BCUT2D eigenvalue weighted by molar-refractivity contribution is 0.240. The molecule has 1 aromatic rings. The Morgan fingerprint density at radius 2 is 2.20 bits per heavy atom. The molecule has 0 unspecified atom stereocenters. The van der Waals surface area contributed by atoms with Gasteiger partial charge < -0.3 is 10.5 Å². The Bertz CT molecular complexity index is 331. The third-order valence-corrected chi connectivity index (χ3v) is 2.09. The molecule has 0 atom stereocenters. The highest BCUT2D eigenvalue weighted by Crippen LogP contribution is 2.22. The number of ether oxygens (including phenoxy) is 1. The van der Waals surface area contributed by atoms with Gasteiger partial charge in [0.15, 0.2) is 0 Å². The summed E-state index contributed by atoms with van der Waals surface area (Å²) in [5.41, 5.74) is 7.88. The van der Waals surface area contributed by atoms with Gasteiger partial charge in [0.25, 0.3) is 0 Å². The predicted octanol–water partition coefficient (Wildman–Crippen LogP) is 2.66. The van der Waals surface area contributed by atoms with Crippen LogP contribution >= 0.6 is 0 Å². The van der Waals surface area contributed by atoms with E-state index in [0.717, 1.165) is 23.3 Å². The maximum atomic E-state index is 5.71. The van der Waals surface area contributed by atoms with Crippen LogP contribution in [0.25, 0.3) is 0 Å². The molecule has 2 heteroatoms. The number of rotatable bonds is 5. The second-order valence-corrected chi connectivity index (χ2v) is 3.81. The zero-order chi connectivity index (χ0) is 11.3. The Kier molecular flexibility index (Phi) is 4.37. The van der Waals surface area contributed by atoms with E-state index in [2.05, 4.69) is 12.6 Å². The van der Waals surface area contributed by atoms with Crippen molar-refractivity contribution in [2.45, 2.75) is 32.9 Å². The fourth-order valence-electron chi connectivity index (χ4n) is 1.44. The molecule has 0 bridgehead atoms. The van der Waals surface area contributed by atoms with E-state index in [-0.39, 0.29) is 6.10 Å². The Balaban J connectivity index is 2.97. The van der Waals surface area contributed by atoms with Gasteiger partial charge in [-0.1, -0.05) is 18.2 Å². The minimum absolute atomic E-state index is 0.192. The number of allylic oxidation sites excluding steroid dienone is 1. The molecule has 0 amide bonds. The summed E-state index contributed by atoms with van der Waals surface area (Å²) < 4.78 is 5.71. The summed E-state index contributed by atoms with van der Waals surface area (Å²) in [5, 5.41) is 0. The molecule has 0 heterocycles. The van der Waals surface area contributed by atoms with Crippen molar-refractivity contribution in [3.63, 3.8) is 0 Å². The first-order chi connectivity index (χ1) is 7.17. The van der Waals surface area contributed by atoms with Gasteiger partial charge in [-0.3, -0.25) is 0 Å². The molecule has 0 radical (unpaired) electrons. The van der Waals surface area contributed by atoms with Crippen LogP contribution in [0.1, 0.15) is 25.0 Å². The summed E-state index contributed by atoms with van der Waals surface area (Å²) in [6, 6.07) is 6.07. The van der Waals surface area contributed by atoms with E-state index < -0.39 is 0 Å². The molecule has 0 saturated heterocycles. The highest BCUT2D eigenvalue weighted by molar-refractivity contribution is 5.38. The van der Waals surface area contributed by atoms with Crippen LogP contribution in [0.4, 0.5) is 0 Å². The maximum Gasteiger partial charge on any atom is 0.123 e. The molecule has 0 saturated carbocycles. The van der Waals surface area contributed by atoms with Crippen LogP contribution in [0, 0.1) is 0 Å². The van der Waals surface area contributed by atoms with Crippen molar-refractivity contribution in [1.82, 2.24) is 0 Å². The summed E-state index contributed by atoms with van der Waals surface area (Å²) in [6.07, 6.45) is 2.89. The van der Waals surface area contributed by atoms with Crippen molar-refractivity contribution in [3.8, 4) is 5.75 Å². The highest BCUT2D eigenvalue weighted by Gasteiger charge is 2.05. The topological polar surface area (TPSA) is 35.2 Å². The van der Waals surface area contributed by atoms with E-state index in [4.69, 9.17) is 10.5 Å². The first kappa shape index (κ1) is 11.8. The van der Waals surface area contributed by atoms with Crippen molar-refractivity contribution in [3.05, 3.63) is 42.0 Å². The van der Waals surface area contributed by atoms with Crippen molar-refractivity contribution < 1.29 is 4.74 Å². The van der Waals surface area contributed by atoms with Gasteiger partial charge in [-0.15, -0.1) is 6.58 Å². The average molecular weight is 205 g/mol. The van der Waals surface area contributed by atoms with E-state index >= 15 is 0 Å². The largest absolute Gasteiger partial charge is 0.491 e. The van der Waals surface area contributed by atoms with E-state index in [0.29, 0.717) is 6.54 Å². The van der Waals surface area contributed by atoms with Crippen LogP contribution in [-0.4, -0.2) is 6.10 Å². The Hall–Kier alpha value is -1.28. The lowest BCUT2D eigenvalue weighted by Crippen LogP contribution is -2.08. The fourth-order valence-corrected chi connectivity index (χ4v) is 1.44. The zero-order valence-corrected chi connectivity index (χ0v) is 9.49. The lowest BCUT2D eigenvalue weighted by Gasteiger charge is -2.14. The molecule has 2 nitrogen and oxygen atoms in total. The van der Waals surface area contributed by atoms with Crippen LogP contribution < -0.4 is 10.5 Å². The molecular weight excluding hydrogens is 186 g/mol. The van der Waals surface area contributed by atoms with Crippen LogP contribution in [-0.2, 0) is 13.0 Å². The zero-order valence-electron chi connectivity index (χ0n) is 9.49. The predicted molar refractivity (Wildman–Crippen MR) is 64.0 cm³/mol. The second-order valence-electron chi connectivity index (χ2n) is 3.81. The van der Waals surface area contributed by atoms with Crippen LogP contribution in [0.2, 0.25) is 0 Å². The standard InChI is InChI=1S/C13H19NO/c1-4-5-12-8-11(9-14)6-7-13(12)15-10(2)3/h4,6-8,10H,1,5,9,14H2,2-3H3. The lowest BCUT2D eigenvalue weighted by atomic mass is 10.1. The Labute approximate surface area is 91.7 Å². The van der Waals surface area contributed by atoms with E-state index in [9.17, 15) is 0 Å². The quantitative estimate of drug-likeness (QED) is 0.750. The fraction of sp³-hybridized carbons (Fsp3) is 0.385. The van der Waals surface area contributed by atoms with Crippen molar-refractivity contribution >= 4 is 0 Å². The Morgan fingerprint density at radius 1 is 1.47 bits per heavy atom. The van der Waals surface area contributed by atoms with Gasteiger partial charge in [-0.2, -0.15) is 0 Å². The molecule has 15 heavy (non-hydrogen) atoms. The van der Waals surface area contributed by atoms with Crippen LogP contribution in [0.3, 0.4) is 0 Å². The molecule has 0 fully saturated rings. The number of hydrogen-bond acceptors (Lipinski definition) is 2. The van der Waals surface area contributed by atoms with Crippen LogP contribution in [0.5, 0.6) is 5.75 Å². The van der Waals surface area contributed by atoms with Gasteiger partial charge in [-0.05, 0) is 37.5 Å². The molecule has 1 rings (SSSR count). The highest BCUT2D eigenvalue weighted by atomic mass is 16.5. The van der Waals surface area contributed by atoms with Crippen LogP contribution in [0.15, 0.2) is 30.9 Å². The number of benzene rings is 1. The summed E-state index contributed by atoms with van der Waals surface area (Å²) in [4.78, 5) is 0. The third kappa shape index (κ3) is 3.40. The van der Waals surface area contributed by atoms with E-state index in [1.54, 1.807) is 0 Å². The smallest absolute Gasteiger partial charge is 0.123 e. The molecule has 0 spiro atoms. The van der Waals surface area contributed by atoms with Crippen molar-refractivity contribution in [1.29, 1.82) is 0 Å². The molecule has 0 aliphatic carbocycles. The maximum absolute atomic E-state index is 5.71. The van der Waals surface area contributed by atoms with Gasteiger partial charge in [0.05, 0.1) is 6.10 Å². The molecule has 0 aliphatic rings. The molecule has 1 aromatic carbocycles. The molecule has 2 N–H and O–H groups in total. The van der Waals surface area contributed by atoms with Crippen molar-refractivity contribution in [2.75, 3.05) is 0 Å². The molecular formula is C13H19NO. The van der Waals surface area contributed by atoms with Gasteiger partial charge in [-0.25, -0.2) is 0 Å². The van der Waals surface area contributed by atoms with E-state index in [1.807, 2.05) is 32.1 Å². The molecule has 82 valence electrons. The normalized spacial score (nSPS) is 10.4. The summed E-state index contributed by atoms with van der Waals surface area (Å²) in [6.45, 7) is 8.35. The summed E-state index contributed by atoms with van der Waals surface area (Å²) in [7, 11) is 0.